The van der Waals surface area contributed by atoms with Crippen LogP contribution < -0.4 is 11.5 Å². The van der Waals surface area contributed by atoms with E-state index in [1.54, 1.807) is 6.92 Å². The molecule has 4 N–H and O–H groups in total. The smallest absolute Gasteiger partial charge is 0.333 e. The first-order valence-corrected chi connectivity index (χ1v) is 12.1. The second kappa shape index (κ2) is 15.6. The monoisotopic (exact) mass is 486 g/mol. The summed E-state index contributed by atoms with van der Waals surface area (Å²) >= 11 is 0. The van der Waals surface area contributed by atoms with E-state index in [1.807, 2.05) is 36.5 Å². The van der Waals surface area contributed by atoms with Crippen LogP contribution in [0.25, 0.3) is 0 Å². The van der Waals surface area contributed by atoms with Crippen LogP contribution in [0.3, 0.4) is 0 Å². The second-order valence-corrected chi connectivity index (χ2v) is 8.51. The molecule has 0 fully saturated rings. The van der Waals surface area contributed by atoms with Gasteiger partial charge in [0.25, 0.3) is 0 Å². The molecule has 0 bridgehead atoms. The molecule has 2 aliphatic carbocycles. The Morgan fingerprint density at radius 3 is 2.49 bits per heavy atom. The zero-order valence-electron chi connectivity index (χ0n) is 20.6. The van der Waals surface area contributed by atoms with Crippen molar-refractivity contribution in [3.05, 3.63) is 71.9 Å². The van der Waals surface area contributed by atoms with E-state index >= 15 is 0 Å². The standard InChI is InChI=1S/C27H38N2O6/c1-20(2)27(31)35-18-17-32-23-11-7-21(8-12-23)9-14-26(30)34-16-6-4-3-5-15-33-25-13-10-22(28)19-24(25)29/h7,9,11-14,19,21-22H,1,3-6,8,10,15-18,28-29H2,2H3/b14-9+. The van der Waals surface area contributed by atoms with Crippen molar-refractivity contribution in [3.8, 4) is 0 Å². The predicted molar refractivity (Wildman–Crippen MR) is 135 cm³/mol. The van der Waals surface area contributed by atoms with Crippen LogP contribution in [0.4, 0.5) is 0 Å². The maximum absolute atomic E-state index is 11.9. The first-order chi connectivity index (χ1) is 16.8. The fraction of sp³-hybridized carbons (Fsp3) is 0.481. The molecule has 192 valence electrons. The van der Waals surface area contributed by atoms with E-state index in [-0.39, 0.29) is 31.1 Å². The third-order valence-corrected chi connectivity index (χ3v) is 5.31. The first kappa shape index (κ1) is 28.0. The maximum Gasteiger partial charge on any atom is 0.333 e. The lowest BCUT2D eigenvalue weighted by molar-refractivity contribution is -0.140. The molecule has 0 aromatic carbocycles. The quantitative estimate of drug-likeness (QED) is 0.204. The number of ether oxygens (including phenoxy) is 4. The van der Waals surface area contributed by atoms with Crippen LogP contribution >= 0.6 is 0 Å². The van der Waals surface area contributed by atoms with Gasteiger partial charge in [0.15, 0.2) is 0 Å². The number of carbonyl (C=O) groups is 2. The van der Waals surface area contributed by atoms with Gasteiger partial charge >= 0.3 is 11.9 Å². The minimum absolute atomic E-state index is 0.0268. The van der Waals surface area contributed by atoms with Gasteiger partial charge in [0, 0.05) is 17.7 Å². The number of unbranched alkanes of at least 4 members (excludes halogenated alkanes) is 3. The van der Waals surface area contributed by atoms with Crippen LogP contribution in [-0.2, 0) is 28.5 Å². The van der Waals surface area contributed by atoms with Gasteiger partial charge in [0.1, 0.15) is 24.7 Å². The Hall–Kier alpha value is -3.26. The van der Waals surface area contributed by atoms with E-state index < -0.39 is 5.97 Å². The molecule has 0 saturated carbocycles. The molecule has 8 nitrogen and oxygen atoms in total. The van der Waals surface area contributed by atoms with Crippen LogP contribution in [0.1, 0.15) is 45.4 Å². The molecule has 8 heteroatoms. The highest BCUT2D eigenvalue weighted by Crippen LogP contribution is 2.19. The molecular formula is C27H38N2O6. The van der Waals surface area contributed by atoms with Crippen LogP contribution in [0.2, 0.25) is 0 Å². The minimum Gasteiger partial charge on any atom is -0.492 e. The second-order valence-electron chi connectivity index (χ2n) is 8.51. The molecule has 35 heavy (non-hydrogen) atoms. The van der Waals surface area contributed by atoms with Crippen molar-refractivity contribution < 1.29 is 28.5 Å². The first-order valence-electron chi connectivity index (χ1n) is 12.1. The molecule has 2 rings (SSSR count). The summed E-state index contributed by atoms with van der Waals surface area (Å²) in [5.74, 6) is 0.785. The van der Waals surface area contributed by atoms with Crippen molar-refractivity contribution >= 4 is 11.9 Å². The Kier molecular flexibility index (Phi) is 12.5. The minimum atomic E-state index is -0.425. The zero-order chi connectivity index (χ0) is 25.5. The lowest BCUT2D eigenvalue weighted by Gasteiger charge is -2.17. The van der Waals surface area contributed by atoms with Gasteiger partial charge in [-0.25, -0.2) is 9.59 Å². The Labute approximate surface area is 208 Å². The summed E-state index contributed by atoms with van der Waals surface area (Å²) in [4.78, 5) is 23.2. The van der Waals surface area contributed by atoms with Crippen LogP contribution in [-0.4, -0.2) is 44.4 Å². The molecule has 2 unspecified atom stereocenters. The molecular weight excluding hydrogens is 448 g/mol. The fourth-order valence-electron chi connectivity index (χ4n) is 3.33. The Morgan fingerprint density at radius 1 is 1.03 bits per heavy atom. The molecule has 0 radical (unpaired) electrons. The lowest BCUT2D eigenvalue weighted by Crippen LogP contribution is -2.23. The fourth-order valence-corrected chi connectivity index (χ4v) is 3.33. The number of carbonyl (C=O) groups excluding carboxylic acids is 2. The van der Waals surface area contributed by atoms with E-state index in [4.69, 9.17) is 30.4 Å². The van der Waals surface area contributed by atoms with E-state index in [9.17, 15) is 9.59 Å². The van der Waals surface area contributed by atoms with Crippen molar-refractivity contribution in [1.29, 1.82) is 0 Å². The maximum atomic E-state index is 11.9. The molecule has 2 atom stereocenters. The van der Waals surface area contributed by atoms with Crippen molar-refractivity contribution in [2.75, 3.05) is 26.4 Å². The van der Waals surface area contributed by atoms with Gasteiger partial charge < -0.3 is 30.4 Å². The van der Waals surface area contributed by atoms with Gasteiger partial charge in [-0.3, -0.25) is 0 Å². The molecule has 0 aliphatic heterocycles. The summed E-state index contributed by atoms with van der Waals surface area (Å²) < 4.78 is 21.5. The van der Waals surface area contributed by atoms with Crippen molar-refractivity contribution in [3.63, 3.8) is 0 Å². The molecule has 0 saturated heterocycles. The number of esters is 2. The van der Waals surface area contributed by atoms with Gasteiger partial charge in [-0.2, -0.15) is 0 Å². The van der Waals surface area contributed by atoms with E-state index in [1.165, 1.54) is 6.08 Å². The zero-order valence-corrected chi connectivity index (χ0v) is 20.6. The summed E-state index contributed by atoms with van der Waals surface area (Å²) in [5, 5.41) is 0. The van der Waals surface area contributed by atoms with Crippen molar-refractivity contribution in [2.24, 2.45) is 17.4 Å². The Morgan fingerprint density at radius 2 is 1.80 bits per heavy atom. The third kappa shape index (κ3) is 11.6. The highest BCUT2D eigenvalue weighted by molar-refractivity contribution is 5.86. The van der Waals surface area contributed by atoms with Crippen molar-refractivity contribution in [2.45, 2.75) is 51.5 Å². The highest BCUT2D eigenvalue weighted by atomic mass is 16.6. The molecule has 0 heterocycles. The summed E-state index contributed by atoms with van der Waals surface area (Å²) in [6.45, 7) is 6.57. The van der Waals surface area contributed by atoms with E-state index in [2.05, 4.69) is 6.58 Å². The summed E-state index contributed by atoms with van der Waals surface area (Å²) in [5.41, 5.74) is 12.7. The SMILES string of the molecule is C=C(C)C(=O)OCCOC1=CCC(/C=C/C(=O)OCCCCCCOC2=CCC(N)C=C2N)C=C1. The summed E-state index contributed by atoms with van der Waals surface area (Å²) in [6, 6.07) is -0.0268. The van der Waals surface area contributed by atoms with Crippen molar-refractivity contribution in [1.82, 2.24) is 0 Å². The van der Waals surface area contributed by atoms with Crippen LogP contribution in [0.15, 0.2) is 71.9 Å². The molecule has 0 spiro atoms. The Balaban J connectivity index is 1.47. The molecule has 0 aromatic heterocycles. The number of rotatable bonds is 15. The highest BCUT2D eigenvalue weighted by Gasteiger charge is 2.11. The van der Waals surface area contributed by atoms with Gasteiger partial charge in [-0.1, -0.05) is 18.7 Å². The van der Waals surface area contributed by atoms with Crippen LogP contribution in [0.5, 0.6) is 0 Å². The summed E-state index contributed by atoms with van der Waals surface area (Å²) in [6.07, 6.45) is 17.9. The van der Waals surface area contributed by atoms with E-state index in [0.717, 1.165) is 37.9 Å². The van der Waals surface area contributed by atoms with Gasteiger partial charge in [0.2, 0.25) is 0 Å². The average Bonchev–Trinajstić information content (AvgIpc) is 2.83. The van der Waals surface area contributed by atoms with Gasteiger partial charge in [0.05, 0.1) is 18.9 Å². The van der Waals surface area contributed by atoms with Gasteiger partial charge in [-0.05, 0) is 75.7 Å². The van der Waals surface area contributed by atoms with E-state index in [0.29, 0.717) is 36.7 Å². The number of hydrogen-bond donors (Lipinski definition) is 2. The topological polar surface area (TPSA) is 123 Å². The number of allylic oxidation sites excluding steroid dienone is 4. The number of nitrogens with two attached hydrogens (primary N) is 2. The third-order valence-electron chi connectivity index (χ3n) is 5.31. The Bertz CT molecular complexity index is 884. The molecule has 0 amide bonds. The predicted octanol–water partition coefficient (Wildman–Crippen LogP) is 3.72. The largest absolute Gasteiger partial charge is 0.492 e. The average molecular weight is 487 g/mol. The lowest BCUT2D eigenvalue weighted by atomic mass is 9.99. The summed E-state index contributed by atoms with van der Waals surface area (Å²) in [7, 11) is 0. The molecule has 0 aromatic rings. The normalized spacial score (nSPS) is 19.4. The number of hydrogen-bond acceptors (Lipinski definition) is 8. The van der Waals surface area contributed by atoms with Gasteiger partial charge in [-0.15, -0.1) is 0 Å². The van der Waals surface area contributed by atoms with Crippen LogP contribution in [0, 0.1) is 5.92 Å². The molecule has 2 aliphatic rings.